The number of nitrogens with zero attached hydrogens (tertiary/aromatic N) is 2. The number of amides is 1. The maximum Gasteiger partial charge on any atom is 0.241 e. The highest BCUT2D eigenvalue weighted by atomic mass is 19.1. The van der Waals surface area contributed by atoms with E-state index in [1.165, 1.54) is 12.1 Å². The first kappa shape index (κ1) is 14.5. The lowest BCUT2D eigenvalue weighted by atomic mass is 9.89. The molecule has 114 valence electrons. The van der Waals surface area contributed by atoms with Gasteiger partial charge in [-0.25, -0.2) is 4.39 Å². The van der Waals surface area contributed by atoms with Crippen LogP contribution in [0.5, 0.6) is 0 Å². The van der Waals surface area contributed by atoms with E-state index in [0.29, 0.717) is 18.8 Å². The number of piperazine rings is 1. The Morgan fingerprint density at radius 2 is 2.24 bits per heavy atom. The molecule has 2 aliphatic heterocycles. The highest BCUT2D eigenvalue weighted by Crippen LogP contribution is 2.27. The molecule has 0 aromatic heterocycles. The molecule has 0 aliphatic carbocycles. The van der Waals surface area contributed by atoms with Gasteiger partial charge in [0, 0.05) is 31.9 Å². The Bertz CT molecular complexity index is 528. The minimum atomic E-state index is -0.299. The van der Waals surface area contributed by atoms with Crippen LogP contribution in [0.3, 0.4) is 0 Å². The third-order valence-electron chi connectivity index (χ3n) is 4.48. The number of halogens is 1. The van der Waals surface area contributed by atoms with E-state index in [-0.39, 0.29) is 17.1 Å². The van der Waals surface area contributed by atoms with Crippen molar-refractivity contribution in [1.29, 1.82) is 0 Å². The zero-order chi connectivity index (χ0) is 14.9. The Kier molecular flexibility index (Phi) is 3.95. The molecule has 1 unspecified atom stereocenters. The minimum absolute atomic E-state index is 0.0569. The fraction of sp³-hybridized carbons (Fsp3) is 0.562. The molecule has 2 saturated heterocycles. The van der Waals surface area contributed by atoms with Crippen LogP contribution in [0.15, 0.2) is 24.3 Å². The molecule has 1 amide bonds. The van der Waals surface area contributed by atoms with Gasteiger partial charge in [0.05, 0.1) is 6.54 Å². The zero-order valence-electron chi connectivity index (χ0n) is 12.4. The first-order valence-electron chi connectivity index (χ1n) is 7.55. The lowest BCUT2D eigenvalue weighted by Gasteiger charge is -2.38. The van der Waals surface area contributed by atoms with Gasteiger partial charge in [-0.2, -0.15) is 0 Å². The number of rotatable bonds is 3. The summed E-state index contributed by atoms with van der Waals surface area (Å²) in [4.78, 5) is 16.3. The van der Waals surface area contributed by atoms with Crippen LogP contribution in [-0.2, 0) is 4.79 Å². The molecule has 0 bridgehead atoms. The van der Waals surface area contributed by atoms with Gasteiger partial charge in [0.25, 0.3) is 0 Å². The van der Waals surface area contributed by atoms with Gasteiger partial charge in [-0.1, -0.05) is 13.0 Å². The summed E-state index contributed by atoms with van der Waals surface area (Å²) in [7, 11) is 0. The van der Waals surface area contributed by atoms with E-state index in [1.54, 1.807) is 17.0 Å². The average molecular weight is 291 g/mol. The summed E-state index contributed by atoms with van der Waals surface area (Å²) < 4.78 is 13.3. The van der Waals surface area contributed by atoms with Gasteiger partial charge in [-0.15, -0.1) is 0 Å². The highest BCUT2D eigenvalue weighted by molar-refractivity contribution is 5.95. The number of hydrogen-bond donors (Lipinski definition) is 1. The monoisotopic (exact) mass is 291 g/mol. The van der Waals surface area contributed by atoms with Gasteiger partial charge >= 0.3 is 0 Å². The minimum Gasteiger partial charge on any atom is -0.316 e. The quantitative estimate of drug-likeness (QED) is 0.916. The Morgan fingerprint density at radius 3 is 2.90 bits per heavy atom. The average Bonchev–Trinajstić information content (AvgIpc) is 2.85. The normalized spacial score (nSPS) is 27.3. The summed E-state index contributed by atoms with van der Waals surface area (Å²) in [6.45, 7) is 7.20. The first-order valence-corrected chi connectivity index (χ1v) is 7.55. The summed E-state index contributed by atoms with van der Waals surface area (Å²) in [6.07, 6.45) is 1.16. The van der Waals surface area contributed by atoms with Crippen LogP contribution in [-0.4, -0.2) is 50.1 Å². The van der Waals surface area contributed by atoms with Crippen LogP contribution in [0, 0.1) is 11.2 Å². The largest absolute Gasteiger partial charge is 0.316 e. The predicted octanol–water partition coefficient (Wildman–Crippen LogP) is 1.47. The van der Waals surface area contributed by atoms with Gasteiger partial charge in [0.15, 0.2) is 0 Å². The van der Waals surface area contributed by atoms with E-state index in [4.69, 9.17) is 0 Å². The number of hydrogen-bond acceptors (Lipinski definition) is 3. The van der Waals surface area contributed by atoms with Gasteiger partial charge in [-0.05, 0) is 36.6 Å². The summed E-state index contributed by atoms with van der Waals surface area (Å²) >= 11 is 0. The molecule has 0 saturated carbocycles. The SMILES string of the molecule is CC1(CN2CCN(c3cccc(F)c3)C(=O)C2)CCNC1. The van der Waals surface area contributed by atoms with Crippen LogP contribution >= 0.6 is 0 Å². The molecule has 4 nitrogen and oxygen atoms in total. The van der Waals surface area contributed by atoms with Gasteiger partial charge in [-0.3, -0.25) is 9.69 Å². The number of benzene rings is 1. The van der Waals surface area contributed by atoms with Crippen LogP contribution in [0.2, 0.25) is 0 Å². The van der Waals surface area contributed by atoms with E-state index in [9.17, 15) is 9.18 Å². The topological polar surface area (TPSA) is 35.6 Å². The van der Waals surface area contributed by atoms with Gasteiger partial charge < -0.3 is 10.2 Å². The molecular weight excluding hydrogens is 269 g/mol. The van der Waals surface area contributed by atoms with Crippen LogP contribution < -0.4 is 10.2 Å². The second-order valence-corrected chi connectivity index (χ2v) is 6.47. The fourth-order valence-corrected chi connectivity index (χ4v) is 3.32. The Labute approximate surface area is 124 Å². The van der Waals surface area contributed by atoms with Crippen molar-refractivity contribution in [2.45, 2.75) is 13.3 Å². The molecular formula is C16H22FN3O. The molecule has 21 heavy (non-hydrogen) atoms. The van der Waals surface area contributed by atoms with Crippen molar-refractivity contribution < 1.29 is 9.18 Å². The van der Waals surface area contributed by atoms with Crippen molar-refractivity contribution >= 4 is 11.6 Å². The maximum absolute atomic E-state index is 13.3. The Hall–Kier alpha value is -1.46. The molecule has 0 spiro atoms. The van der Waals surface area contributed by atoms with E-state index in [1.807, 2.05) is 0 Å². The maximum atomic E-state index is 13.3. The van der Waals surface area contributed by atoms with Crippen LogP contribution in [0.1, 0.15) is 13.3 Å². The first-order chi connectivity index (χ1) is 10.1. The molecule has 5 heteroatoms. The van der Waals surface area contributed by atoms with Gasteiger partial charge in [0.2, 0.25) is 5.91 Å². The lowest BCUT2D eigenvalue weighted by molar-refractivity contribution is -0.121. The zero-order valence-corrected chi connectivity index (χ0v) is 12.4. The lowest BCUT2D eigenvalue weighted by Crippen LogP contribution is -2.53. The van der Waals surface area contributed by atoms with Crippen molar-refractivity contribution in [3.8, 4) is 0 Å². The fourth-order valence-electron chi connectivity index (χ4n) is 3.32. The Balaban J connectivity index is 1.63. The molecule has 0 radical (unpaired) electrons. The van der Waals surface area contributed by atoms with E-state index in [2.05, 4.69) is 17.1 Å². The molecule has 1 atom stereocenters. The molecule has 1 aromatic rings. The van der Waals surface area contributed by atoms with Crippen LogP contribution in [0.4, 0.5) is 10.1 Å². The van der Waals surface area contributed by atoms with Crippen molar-refractivity contribution in [3.05, 3.63) is 30.1 Å². The highest BCUT2D eigenvalue weighted by Gasteiger charge is 2.33. The predicted molar refractivity (Wildman–Crippen MR) is 80.8 cm³/mol. The van der Waals surface area contributed by atoms with Crippen molar-refractivity contribution in [1.82, 2.24) is 10.2 Å². The Morgan fingerprint density at radius 1 is 1.38 bits per heavy atom. The smallest absolute Gasteiger partial charge is 0.241 e. The van der Waals surface area contributed by atoms with Gasteiger partial charge in [0.1, 0.15) is 5.82 Å². The standard InChI is InChI=1S/C16H22FN3O/c1-16(5-6-18-11-16)12-19-7-8-20(15(21)10-19)14-4-2-3-13(17)9-14/h2-4,9,18H,5-8,10-12H2,1H3. The summed E-state index contributed by atoms with van der Waals surface area (Å²) in [5.74, 6) is -0.242. The third-order valence-corrected chi connectivity index (χ3v) is 4.48. The van der Waals surface area contributed by atoms with E-state index < -0.39 is 0 Å². The molecule has 2 heterocycles. The number of anilines is 1. The second kappa shape index (κ2) is 5.73. The molecule has 3 rings (SSSR count). The van der Waals surface area contributed by atoms with Crippen molar-refractivity contribution in [2.75, 3.05) is 44.2 Å². The molecule has 1 N–H and O–H groups in total. The van der Waals surface area contributed by atoms with Crippen molar-refractivity contribution in [3.63, 3.8) is 0 Å². The van der Waals surface area contributed by atoms with Crippen molar-refractivity contribution in [2.24, 2.45) is 5.41 Å². The number of carbonyl (C=O) groups is 1. The summed E-state index contributed by atoms with van der Waals surface area (Å²) in [5.41, 5.74) is 0.926. The summed E-state index contributed by atoms with van der Waals surface area (Å²) in [5, 5.41) is 3.39. The third kappa shape index (κ3) is 3.24. The molecule has 1 aromatic carbocycles. The van der Waals surface area contributed by atoms with E-state index in [0.717, 1.165) is 32.6 Å². The van der Waals surface area contributed by atoms with E-state index >= 15 is 0 Å². The van der Waals surface area contributed by atoms with Crippen LogP contribution in [0.25, 0.3) is 0 Å². The molecule has 2 fully saturated rings. The summed E-state index contributed by atoms with van der Waals surface area (Å²) in [6, 6.07) is 6.27. The number of carbonyl (C=O) groups excluding carboxylic acids is 1. The number of nitrogens with one attached hydrogen (secondary N) is 1. The molecule has 2 aliphatic rings. The second-order valence-electron chi connectivity index (χ2n) is 6.47.